The van der Waals surface area contributed by atoms with Crippen LogP contribution in [0.1, 0.15) is 44.3 Å². The Morgan fingerprint density at radius 3 is 2.44 bits per heavy atom. The highest BCUT2D eigenvalue weighted by molar-refractivity contribution is 5.71. The number of ether oxygens (including phenoxy) is 1. The molecule has 0 aliphatic rings. The SMILES string of the molecule is CCC(OC(=O)CCCC(=O)O)c1ccccc1. The summed E-state index contributed by atoms with van der Waals surface area (Å²) in [6.07, 6.45) is 0.921. The lowest BCUT2D eigenvalue weighted by molar-refractivity contribution is -0.150. The second kappa shape index (κ2) is 7.48. The van der Waals surface area contributed by atoms with Gasteiger partial charge in [0, 0.05) is 12.8 Å². The lowest BCUT2D eigenvalue weighted by Crippen LogP contribution is -2.11. The number of hydrogen-bond donors (Lipinski definition) is 1. The molecule has 1 aromatic carbocycles. The first-order valence-electron chi connectivity index (χ1n) is 6.09. The molecule has 0 heterocycles. The molecule has 0 amide bonds. The number of aliphatic carboxylic acids is 1. The lowest BCUT2D eigenvalue weighted by Gasteiger charge is -2.16. The molecule has 0 radical (unpaired) electrons. The zero-order valence-electron chi connectivity index (χ0n) is 10.5. The van der Waals surface area contributed by atoms with Gasteiger partial charge >= 0.3 is 11.9 Å². The Bertz CT molecular complexity index is 386. The summed E-state index contributed by atoms with van der Waals surface area (Å²) in [5.41, 5.74) is 0.964. The van der Waals surface area contributed by atoms with Gasteiger partial charge in [-0.25, -0.2) is 0 Å². The highest BCUT2D eigenvalue weighted by Crippen LogP contribution is 2.21. The summed E-state index contributed by atoms with van der Waals surface area (Å²) in [6.45, 7) is 1.95. The molecule has 1 unspecified atom stereocenters. The average molecular weight is 250 g/mol. The van der Waals surface area contributed by atoms with Crippen LogP contribution in [0.25, 0.3) is 0 Å². The van der Waals surface area contributed by atoms with E-state index in [4.69, 9.17) is 9.84 Å². The van der Waals surface area contributed by atoms with Gasteiger partial charge in [0.25, 0.3) is 0 Å². The van der Waals surface area contributed by atoms with Crippen LogP contribution in [-0.4, -0.2) is 17.0 Å². The largest absolute Gasteiger partial charge is 0.481 e. The summed E-state index contributed by atoms with van der Waals surface area (Å²) < 4.78 is 5.34. The molecule has 0 fully saturated rings. The number of esters is 1. The number of carboxylic acid groups (broad SMARTS) is 1. The van der Waals surface area contributed by atoms with Gasteiger partial charge in [-0.2, -0.15) is 0 Å². The van der Waals surface area contributed by atoms with Gasteiger partial charge < -0.3 is 9.84 Å². The summed E-state index contributed by atoms with van der Waals surface area (Å²) in [6, 6.07) is 9.54. The number of carbonyl (C=O) groups is 2. The minimum absolute atomic E-state index is 0.00275. The van der Waals surface area contributed by atoms with E-state index in [1.165, 1.54) is 0 Å². The molecule has 1 aromatic rings. The Labute approximate surface area is 107 Å². The van der Waals surface area contributed by atoms with E-state index >= 15 is 0 Å². The second-order valence-corrected chi connectivity index (χ2v) is 4.04. The van der Waals surface area contributed by atoms with Gasteiger partial charge in [0.2, 0.25) is 0 Å². The molecule has 0 aliphatic carbocycles. The fourth-order valence-corrected chi connectivity index (χ4v) is 1.66. The van der Waals surface area contributed by atoms with Crippen LogP contribution in [0.2, 0.25) is 0 Å². The van der Waals surface area contributed by atoms with Gasteiger partial charge in [0.1, 0.15) is 6.10 Å². The molecule has 98 valence electrons. The zero-order chi connectivity index (χ0) is 13.4. The second-order valence-electron chi connectivity index (χ2n) is 4.04. The minimum atomic E-state index is -0.891. The smallest absolute Gasteiger partial charge is 0.306 e. The fourth-order valence-electron chi connectivity index (χ4n) is 1.66. The normalized spacial score (nSPS) is 11.8. The maximum Gasteiger partial charge on any atom is 0.306 e. The van der Waals surface area contributed by atoms with Crippen LogP contribution in [0.15, 0.2) is 30.3 Å². The molecule has 0 saturated heterocycles. The van der Waals surface area contributed by atoms with E-state index in [9.17, 15) is 9.59 Å². The van der Waals surface area contributed by atoms with Crippen molar-refractivity contribution in [3.63, 3.8) is 0 Å². The van der Waals surface area contributed by atoms with Crippen molar-refractivity contribution >= 4 is 11.9 Å². The molecular weight excluding hydrogens is 232 g/mol. The molecule has 18 heavy (non-hydrogen) atoms. The van der Waals surface area contributed by atoms with E-state index in [1.54, 1.807) is 0 Å². The number of hydrogen-bond acceptors (Lipinski definition) is 3. The number of rotatable bonds is 7. The summed E-state index contributed by atoms with van der Waals surface area (Å²) in [5.74, 6) is -1.23. The van der Waals surface area contributed by atoms with Gasteiger partial charge in [-0.1, -0.05) is 37.3 Å². The number of carboxylic acids is 1. The van der Waals surface area contributed by atoms with Crippen LogP contribution in [0.5, 0.6) is 0 Å². The zero-order valence-corrected chi connectivity index (χ0v) is 10.5. The molecular formula is C14H18O4. The summed E-state index contributed by atoms with van der Waals surface area (Å²) in [5, 5.41) is 8.48. The average Bonchev–Trinajstić information content (AvgIpc) is 2.36. The van der Waals surface area contributed by atoms with E-state index in [1.807, 2.05) is 37.3 Å². The monoisotopic (exact) mass is 250 g/mol. The number of carbonyl (C=O) groups excluding carboxylic acids is 1. The van der Waals surface area contributed by atoms with Crippen molar-refractivity contribution in [1.82, 2.24) is 0 Å². The van der Waals surface area contributed by atoms with E-state index in [0.29, 0.717) is 12.8 Å². The lowest BCUT2D eigenvalue weighted by atomic mass is 10.1. The quantitative estimate of drug-likeness (QED) is 0.756. The fraction of sp³-hybridized carbons (Fsp3) is 0.429. The van der Waals surface area contributed by atoms with E-state index in [0.717, 1.165) is 5.56 Å². The van der Waals surface area contributed by atoms with Gasteiger partial charge in [-0.3, -0.25) is 9.59 Å². The number of benzene rings is 1. The van der Waals surface area contributed by atoms with Crippen LogP contribution < -0.4 is 0 Å². The molecule has 0 spiro atoms. The molecule has 0 aliphatic heterocycles. The van der Waals surface area contributed by atoms with Gasteiger partial charge in [-0.05, 0) is 18.4 Å². The highest BCUT2D eigenvalue weighted by atomic mass is 16.5. The molecule has 1 N–H and O–H groups in total. The van der Waals surface area contributed by atoms with Crippen LogP contribution in [0.3, 0.4) is 0 Å². The van der Waals surface area contributed by atoms with Crippen molar-refractivity contribution in [3.05, 3.63) is 35.9 Å². The van der Waals surface area contributed by atoms with Crippen LogP contribution in [0, 0.1) is 0 Å². The summed E-state index contributed by atoms with van der Waals surface area (Å²) in [4.78, 5) is 21.9. The van der Waals surface area contributed by atoms with Crippen LogP contribution >= 0.6 is 0 Å². The third-order valence-electron chi connectivity index (χ3n) is 2.59. The first kappa shape index (κ1) is 14.2. The molecule has 4 nitrogen and oxygen atoms in total. The topological polar surface area (TPSA) is 63.6 Å². The minimum Gasteiger partial charge on any atom is -0.481 e. The molecule has 0 saturated carbocycles. The van der Waals surface area contributed by atoms with Crippen molar-refractivity contribution in [2.45, 2.75) is 38.7 Å². The van der Waals surface area contributed by atoms with Crippen LogP contribution in [0.4, 0.5) is 0 Å². The first-order chi connectivity index (χ1) is 8.63. The van der Waals surface area contributed by atoms with Gasteiger partial charge in [0.15, 0.2) is 0 Å². The molecule has 1 atom stereocenters. The van der Waals surface area contributed by atoms with Gasteiger partial charge in [0.05, 0.1) is 0 Å². The van der Waals surface area contributed by atoms with E-state index in [2.05, 4.69) is 0 Å². The van der Waals surface area contributed by atoms with Crippen molar-refractivity contribution in [1.29, 1.82) is 0 Å². The Kier molecular flexibility index (Phi) is 5.91. The maximum atomic E-state index is 11.6. The third-order valence-corrected chi connectivity index (χ3v) is 2.59. The third kappa shape index (κ3) is 4.99. The van der Waals surface area contributed by atoms with Crippen molar-refractivity contribution in [2.24, 2.45) is 0 Å². The predicted molar refractivity (Wildman–Crippen MR) is 67.1 cm³/mol. The summed E-state index contributed by atoms with van der Waals surface area (Å²) in [7, 11) is 0. The molecule has 4 heteroatoms. The molecule has 0 aromatic heterocycles. The molecule has 1 rings (SSSR count). The van der Waals surface area contributed by atoms with Crippen molar-refractivity contribution in [3.8, 4) is 0 Å². The Hall–Kier alpha value is -1.84. The Balaban J connectivity index is 2.44. The van der Waals surface area contributed by atoms with Crippen molar-refractivity contribution in [2.75, 3.05) is 0 Å². The van der Waals surface area contributed by atoms with E-state index in [-0.39, 0.29) is 24.9 Å². The first-order valence-corrected chi connectivity index (χ1v) is 6.09. The van der Waals surface area contributed by atoms with Gasteiger partial charge in [-0.15, -0.1) is 0 Å². The molecule has 0 bridgehead atoms. The van der Waals surface area contributed by atoms with Crippen molar-refractivity contribution < 1.29 is 19.4 Å². The predicted octanol–water partition coefficient (Wildman–Crippen LogP) is 2.94. The highest BCUT2D eigenvalue weighted by Gasteiger charge is 2.14. The maximum absolute atomic E-state index is 11.6. The van der Waals surface area contributed by atoms with E-state index < -0.39 is 5.97 Å². The Morgan fingerprint density at radius 2 is 1.89 bits per heavy atom. The Morgan fingerprint density at radius 1 is 1.22 bits per heavy atom. The standard InChI is InChI=1S/C14H18O4/c1-2-12(11-7-4-3-5-8-11)18-14(17)10-6-9-13(15)16/h3-5,7-8,12H,2,6,9-10H2,1H3,(H,15,16). The summed E-state index contributed by atoms with van der Waals surface area (Å²) >= 11 is 0. The van der Waals surface area contributed by atoms with Crippen LogP contribution in [-0.2, 0) is 14.3 Å².